The molecule has 0 aromatic rings. The first-order valence-electron chi connectivity index (χ1n) is 7.83. The summed E-state index contributed by atoms with van der Waals surface area (Å²) < 4.78 is 0. The Morgan fingerprint density at radius 1 is 1.06 bits per heavy atom. The van der Waals surface area contributed by atoms with Crippen LogP contribution in [0.25, 0.3) is 0 Å². The van der Waals surface area contributed by atoms with Gasteiger partial charge in [-0.25, -0.2) is 0 Å². The zero-order valence-corrected chi connectivity index (χ0v) is 12.0. The fraction of sp³-hybridized carbons (Fsp3) is 1.00. The minimum atomic E-state index is 0.898. The summed E-state index contributed by atoms with van der Waals surface area (Å²) in [6.07, 6.45) is 11.0. The molecule has 1 aliphatic rings. The number of nitrogens with zero attached hydrogens (tertiary/aromatic N) is 1. The molecule has 1 N–H and O–H groups in total. The fourth-order valence-electron chi connectivity index (χ4n) is 2.77. The zero-order chi connectivity index (χ0) is 12.3. The van der Waals surface area contributed by atoms with Gasteiger partial charge in [-0.15, -0.1) is 0 Å². The predicted octanol–water partition coefficient (Wildman–Crippen LogP) is 3.42. The van der Waals surface area contributed by atoms with E-state index in [9.17, 15) is 0 Å². The molecule has 0 aliphatic carbocycles. The number of likely N-dealkylation sites (tertiary alicyclic amines) is 1. The molecule has 1 fully saturated rings. The lowest BCUT2D eigenvalue weighted by Gasteiger charge is -2.24. The van der Waals surface area contributed by atoms with Gasteiger partial charge < -0.3 is 10.2 Å². The van der Waals surface area contributed by atoms with Crippen molar-refractivity contribution in [1.29, 1.82) is 0 Å². The molecule has 2 heteroatoms. The van der Waals surface area contributed by atoms with Crippen molar-refractivity contribution < 1.29 is 0 Å². The molecule has 0 aromatic heterocycles. The Balaban J connectivity index is 2.00. The topological polar surface area (TPSA) is 15.3 Å². The number of hydrogen-bond donors (Lipinski definition) is 1. The molecule has 1 aliphatic heterocycles. The van der Waals surface area contributed by atoms with E-state index in [-0.39, 0.29) is 0 Å². The Hall–Kier alpha value is -0.0800. The van der Waals surface area contributed by atoms with Crippen molar-refractivity contribution in [3.63, 3.8) is 0 Å². The first kappa shape index (κ1) is 15.0. The SMILES string of the molecule is CCCCNCCC[C@H]1CCCN1CCCC. The van der Waals surface area contributed by atoms with Gasteiger partial charge in [0.25, 0.3) is 0 Å². The van der Waals surface area contributed by atoms with Gasteiger partial charge in [0.2, 0.25) is 0 Å². The van der Waals surface area contributed by atoms with E-state index in [2.05, 4.69) is 24.1 Å². The number of unbranched alkanes of at least 4 members (excludes halogenated alkanes) is 2. The molecule has 0 radical (unpaired) electrons. The average molecular weight is 240 g/mol. The van der Waals surface area contributed by atoms with Gasteiger partial charge in [-0.3, -0.25) is 0 Å². The van der Waals surface area contributed by atoms with Crippen molar-refractivity contribution in [1.82, 2.24) is 10.2 Å². The lowest BCUT2D eigenvalue weighted by Crippen LogP contribution is -2.31. The van der Waals surface area contributed by atoms with Gasteiger partial charge in [0.15, 0.2) is 0 Å². The Labute approximate surface area is 108 Å². The van der Waals surface area contributed by atoms with Gasteiger partial charge in [0.05, 0.1) is 0 Å². The Kier molecular flexibility index (Phi) is 8.72. The monoisotopic (exact) mass is 240 g/mol. The quantitative estimate of drug-likeness (QED) is 0.589. The predicted molar refractivity (Wildman–Crippen MR) is 76.5 cm³/mol. The summed E-state index contributed by atoms with van der Waals surface area (Å²) in [5.41, 5.74) is 0. The van der Waals surface area contributed by atoms with Gasteiger partial charge in [0, 0.05) is 6.04 Å². The second-order valence-corrected chi connectivity index (χ2v) is 5.43. The summed E-state index contributed by atoms with van der Waals surface area (Å²) in [6, 6.07) is 0.898. The summed E-state index contributed by atoms with van der Waals surface area (Å²) in [5.74, 6) is 0. The fourth-order valence-corrected chi connectivity index (χ4v) is 2.77. The average Bonchev–Trinajstić information content (AvgIpc) is 2.78. The minimum absolute atomic E-state index is 0.898. The van der Waals surface area contributed by atoms with E-state index in [4.69, 9.17) is 0 Å². The van der Waals surface area contributed by atoms with Crippen molar-refractivity contribution in [2.24, 2.45) is 0 Å². The summed E-state index contributed by atoms with van der Waals surface area (Å²) in [4.78, 5) is 2.73. The Morgan fingerprint density at radius 3 is 2.59 bits per heavy atom. The maximum Gasteiger partial charge on any atom is 0.00962 e. The lowest BCUT2D eigenvalue weighted by molar-refractivity contribution is 0.236. The third kappa shape index (κ3) is 6.42. The van der Waals surface area contributed by atoms with Crippen molar-refractivity contribution in [2.75, 3.05) is 26.2 Å². The molecule has 17 heavy (non-hydrogen) atoms. The maximum atomic E-state index is 3.55. The molecule has 1 atom stereocenters. The van der Waals surface area contributed by atoms with E-state index in [1.54, 1.807) is 0 Å². The molecule has 1 saturated heterocycles. The Morgan fingerprint density at radius 2 is 1.82 bits per heavy atom. The second kappa shape index (κ2) is 9.90. The molecule has 0 saturated carbocycles. The van der Waals surface area contributed by atoms with Crippen LogP contribution in [0.2, 0.25) is 0 Å². The number of rotatable bonds is 10. The van der Waals surface area contributed by atoms with E-state index in [0.717, 1.165) is 6.04 Å². The molecule has 0 bridgehead atoms. The highest BCUT2D eigenvalue weighted by atomic mass is 15.2. The van der Waals surface area contributed by atoms with Crippen LogP contribution in [0, 0.1) is 0 Å². The largest absolute Gasteiger partial charge is 0.317 e. The smallest absolute Gasteiger partial charge is 0.00962 e. The van der Waals surface area contributed by atoms with E-state index in [1.165, 1.54) is 77.5 Å². The van der Waals surface area contributed by atoms with Crippen LogP contribution in [-0.2, 0) is 0 Å². The van der Waals surface area contributed by atoms with Crippen molar-refractivity contribution in [3.05, 3.63) is 0 Å². The highest BCUT2D eigenvalue weighted by Gasteiger charge is 2.22. The summed E-state index contributed by atoms with van der Waals surface area (Å²) in [5, 5.41) is 3.55. The standard InChI is InChI=1S/C15H32N2/c1-3-5-11-16-12-7-9-15-10-8-14-17(15)13-6-4-2/h15-16H,3-14H2,1-2H3/t15-/m0/s1. The molecular formula is C15H32N2. The van der Waals surface area contributed by atoms with E-state index in [0.29, 0.717) is 0 Å². The first-order valence-corrected chi connectivity index (χ1v) is 7.83. The zero-order valence-electron chi connectivity index (χ0n) is 12.0. The highest BCUT2D eigenvalue weighted by Crippen LogP contribution is 2.21. The van der Waals surface area contributed by atoms with Crippen LogP contribution in [0.1, 0.15) is 65.2 Å². The van der Waals surface area contributed by atoms with E-state index >= 15 is 0 Å². The van der Waals surface area contributed by atoms with E-state index in [1.807, 2.05) is 0 Å². The van der Waals surface area contributed by atoms with Gasteiger partial charge in [0.1, 0.15) is 0 Å². The first-order chi connectivity index (χ1) is 8.38. The molecule has 0 aromatic carbocycles. The van der Waals surface area contributed by atoms with Gasteiger partial charge in [-0.2, -0.15) is 0 Å². The number of hydrogen-bond acceptors (Lipinski definition) is 2. The molecule has 102 valence electrons. The molecule has 1 rings (SSSR count). The molecule has 0 amide bonds. The molecule has 2 nitrogen and oxygen atoms in total. The van der Waals surface area contributed by atoms with Crippen LogP contribution in [0.15, 0.2) is 0 Å². The lowest BCUT2D eigenvalue weighted by atomic mass is 10.1. The van der Waals surface area contributed by atoms with Crippen molar-refractivity contribution in [2.45, 2.75) is 71.3 Å². The third-order valence-corrected chi connectivity index (χ3v) is 3.90. The van der Waals surface area contributed by atoms with Crippen LogP contribution < -0.4 is 5.32 Å². The molecule has 0 spiro atoms. The van der Waals surface area contributed by atoms with Gasteiger partial charge in [-0.1, -0.05) is 26.7 Å². The second-order valence-electron chi connectivity index (χ2n) is 5.43. The molecule has 0 unspecified atom stereocenters. The van der Waals surface area contributed by atoms with Crippen LogP contribution in [0.5, 0.6) is 0 Å². The maximum absolute atomic E-state index is 3.55. The van der Waals surface area contributed by atoms with Gasteiger partial charge in [-0.05, 0) is 64.7 Å². The summed E-state index contributed by atoms with van der Waals surface area (Å²) >= 11 is 0. The summed E-state index contributed by atoms with van der Waals surface area (Å²) in [7, 11) is 0. The van der Waals surface area contributed by atoms with Crippen LogP contribution in [-0.4, -0.2) is 37.1 Å². The van der Waals surface area contributed by atoms with Crippen molar-refractivity contribution >= 4 is 0 Å². The third-order valence-electron chi connectivity index (χ3n) is 3.90. The van der Waals surface area contributed by atoms with Crippen molar-refractivity contribution in [3.8, 4) is 0 Å². The summed E-state index contributed by atoms with van der Waals surface area (Å²) in [6.45, 7) is 9.67. The van der Waals surface area contributed by atoms with E-state index < -0.39 is 0 Å². The van der Waals surface area contributed by atoms with Gasteiger partial charge >= 0.3 is 0 Å². The minimum Gasteiger partial charge on any atom is -0.317 e. The molecule has 1 heterocycles. The van der Waals surface area contributed by atoms with Crippen LogP contribution in [0.3, 0.4) is 0 Å². The number of nitrogens with one attached hydrogen (secondary N) is 1. The molecular weight excluding hydrogens is 208 g/mol. The van der Waals surface area contributed by atoms with Crippen LogP contribution >= 0.6 is 0 Å². The Bertz CT molecular complexity index is 170. The van der Waals surface area contributed by atoms with Crippen LogP contribution in [0.4, 0.5) is 0 Å². The normalized spacial score (nSPS) is 21.2. The highest BCUT2D eigenvalue weighted by molar-refractivity contribution is 4.79.